The van der Waals surface area contributed by atoms with Gasteiger partial charge in [-0.25, -0.2) is 8.42 Å². The van der Waals surface area contributed by atoms with Gasteiger partial charge in [0.1, 0.15) is 11.8 Å². The van der Waals surface area contributed by atoms with Gasteiger partial charge in [-0.05, 0) is 42.7 Å². The lowest BCUT2D eigenvalue weighted by atomic mass is 10.0. The largest absolute Gasteiger partial charge is 0.497 e. The maximum absolute atomic E-state index is 13.2. The van der Waals surface area contributed by atoms with Crippen LogP contribution in [0, 0.1) is 25.2 Å². The Morgan fingerprint density at radius 3 is 2.23 bits per heavy atom. The molecule has 0 unspecified atom stereocenters. The molecule has 2 aromatic carbocycles. The van der Waals surface area contributed by atoms with Crippen LogP contribution in [0.15, 0.2) is 53.4 Å². The van der Waals surface area contributed by atoms with Gasteiger partial charge in [-0.3, -0.25) is 4.79 Å². The first-order valence-corrected chi connectivity index (χ1v) is 11.1. The van der Waals surface area contributed by atoms with Gasteiger partial charge in [0, 0.05) is 6.54 Å². The summed E-state index contributed by atoms with van der Waals surface area (Å²) in [6.07, 6.45) is 5.47. The summed E-state index contributed by atoms with van der Waals surface area (Å²) >= 11 is 0. The third-order valence-corrected chi connectivity index (χ3v) is 6.13. The highest BCUT2D eigenvalue weighted by Gasteiger charge is 2.31. The highest BCUT2D eigenvalue weighted by Crippen LogP contribution is 2.18. The van der Waals surface area contributed by atoms with E-state index in [1.165, 1.54) is 24.1 Å². The van der Waals surface area contributed by atoms with E-state index in [1.54, 1.807) is 26.0 Å². The molecule has 6 nitrogen and oxygen atoms in total. The summed E-state index contributed by atoms with van der Waals surface area (Å²) in [5.74, 6) is 2.41. The zero-order valence-corrected chi connectivity index (χ0v) is 18.6. The number of nitrogens with one attached hydrogen (secondary N) is 1. The molecule has 1 N–H and O–H groups in total. The van der Waals surface area contributed by atoms with Crippen molar-refractivity contribution in [3.8, 4) is 18.1 Å². The first kappa shape index (κ1) is 23.5. The van der Waals surface area contributed by atoms with Gasteiger partial charge in [-0.1, -0.05) is 49.6 Å². The van der Waals surface area contributed by atoms with Crippen LogP contribution in [0.2, 0.25) is 0 Å². The number of benzene rings is 2. The minimum atomic E-state index is -3.91. The van der Waals surface area contributed by atoms with Crippen LogP contribution in [-0.2, 0) is 21.4 Å². The molecule has 0 radical (unpaired) electrons. The number of carbonyl (C=O) groups is 1. The molecule has 160 valence electrons. The van der Waals surface area contributed by atoms with E-state index in [9.17, 15) is 13.2 Å². The predicted octanol–water partition coefficient (Wildman–Crippen LogP) is 2.97. The van der Waals surface area contributed by atoms with Crippen molar-refractivity contribution >= 4 is 15.9 Å². The zero-order valence-electron chi connectivity index (χ0n) is 17.8. The van der Waals surface area contributed by atoms with Crippen LogP contribution in [-0.4, -0.2) is 38.9 Å². The zero-order chi connectivity index (χ0) is 22.3. The Morgan fingerprint density at radius 2 is 1.73 bits per heavy atom. The molecule has 0 heterocycles. The Labute approximate surface area is 179 Å². The number of carbonyl (C=O) groups excluding carboxylic acids is 1. The summed E-state index contributed by atoms with van der Waals surface area (Å²) < 4.78 is 33.3. The highest BCUT2D eigenvalue weighted by molar-refractivity contribution is 7.89. The second-order valence-corrected chi connectivity index (χ2v) is 9.12. The molecule has 0 saturated carbocycles. The molecule has 2 aromatic rings. The molecule has 0 aliphatic carbocycles. The number of aryl methyl sites for hydroxylation is 1. The van der Waals surface area contributed by atoms with Crippen molar-refractivity contribution in [3.63, 3.8) is 0 Å². The van der Waals surface area contributed by atoms with Crippen molar-refractivity contribution in [1.82, 2.24) is 9.62 Å². The van der Waals surface area contributed by atoms with Gasteiger partial charge in [0.05, 0.1) is 18.6 Å². The fourth-order valence-corrected chi connectivity index (χ4v) is 4.23. The van der Waals surface area contributed by atoms with Crippen LogP contribution < -0.4 is 9.46 Å². The number of terminal acetylenes is 1. The highest BCUT2D eigenvalue weighted by atomic mass is 32.2. The van der Waals surface area contributed by atoms with Crippen molar-refractivity contribution in [1.29, 1.82) is 0 Å². The van der Waals surface area contributed by atoms with E-state index in [4.69, 9.17) is 11.2 Å². The maximum Gasteiger partial charge on any atom is 0.242 e. The Balaban J connectivity index is 2.25. The van der Waals surface area contributed by atoms with Gasteiger partial charge in [0.2, 0.25) is 15.9 Å². The summed E-state index contributed by atoms with van der Waals surface area (Å²) in [5, 5.41) is 0. The summed E-state index contributed by atoms with van der Waals surface area (Å²) in [6.45, 7) is 5.95. The average molecular weight is 429 g/mol. The summed E-state index contributed by atoms with van der Waals surface area (Å²) in [4.78, 5) is 14.8. The summed E-state index contributed by atoms with van der Waals surface area (Å²) in [5.41, 5.74) is 2.03. The molecule has 0 aliphatic rings. The molecule has 1 amide bonds. The molecule has 30 heavy (non-hydrogen) atoms. The minimum absolute atomic E-state index is 0.0591. The molecule has 0 saturated heterocycles. The second-order valence-electron chi connectivity index (χ2n) is 7.40. The first-order chi connectivity index (χ1) is 14.2. The van der Waals surface area contributed by atoms with Gasteiger partial charge >= 0.3 is 0 Å². The third-order valence-electron chi connectivity index (χ3n) is 4.67. The number of ether oxygens (including phenoxy) is 1. The minimum Gasteiger partial charge on any atom is -0.497 e. The lowest BCUT2D eigenvalue weighted by Gasteiger charge is -2.28. The van der Waals surface area contributed by atoms with Gasteiger partial charge in [0.25, 0.3) is 0 Å². The van der Waals surface area contributed by atoms with Crippen LogP contribution in [0.5, 0.6) is 5.75 Å². The molecule has 1 atom stereocenters. The Hall–Kier alpha value is -2.82. The molecule has 0 bridgehead atoms. The van der Waals surface area contributed by atoms with Crippen LogP contribution in [0.4, 0.5) is 0 Å². The first-order valence-electron chi connectivity index (χ1n) is 9.62. The topological polar surface area (TPSA) is 75.7 Å². The van der Waals surface area contributed by atoms with Gasteiger partial charge in [-0.15, -0.1) is 6.42 Å². The molecule has 2 rings (SSSR count). The van der Waals surface area contributed by atoms with E-state index in [1.807, 2.05) is 31.2 Å². The lowest BCUT2D eigenvalue weighted by Crippen LogP contribution is -2.51. The Morgan fingerprint density at radius 1 is 1.13 bits per heavy atom. The number of amides is 1. The molecule has 0 spiro atoms. The standard InChI is InChI=1S/C23H28N2O4S/c1-6-15-25(16-19-9-7-18(4)8-10-19)23(26)22(17(2)3)24-30(27,28)21-13-11-20(29-5)12-14-21/h1,7-14,17,22,24H,15-16H2,2-5H3/t22-/m0/s1. The number of hydrogen-bond acceptors (Lipinski definition) is 4. The van der Waals surface area contributed by atoms with Gasteiger partial charge < -0.3 is 9.64 Å². The molecular formula is C23H28N2O4S. The van der Waals surface area contributed by atoms with Crippen LogP contribution in [0.3, 0.4) is 0 Å². The Kier molecular flexibility index (Phi) is 8.04. The lowest BCUT2D eigenvalue weighted by molar-refractivity contribution is -0.134. The van der Waals surface area contributed by atoms with Crippen LogP contribution in [0.25, 0.3) is 0 Å². The third kappa shape index (κ3) is 6.09. The van der Waals surface area contributed by atoms with E-state index < -0.39 is 16.1 Å². The van der Waals surface area contributed by atoms with Crippen molar-refractivity contribution in [2.24, 2.45) is 5.92 Å². The smallest absolute Gasteiger partial charge is 0.242 e. The number of rotatable bonds is 9. The summed E-state index contributed by atoms with van der Waals surface area (Å²) in [6, 6.07) is 12.8. The van der Waals surface area contributed by atoms with Crippen molar-refractivity contribution in [2.75, 3.05) is 13.7 Å². The van der Waals surface area contributed by atoms with E-state index in [0.717, 1.165) is 11.1 Å². The van der Waals surface area contributed by atoms with E-state index in [0.29, 0.717) is 12.3 Å². The summed E-state index contributed by atoms with van der Waals surface area (Å²) in [7, 11) is -2.40. The number of sulfonamides is 1. The van der Waals surface area contributed by atoms with Crippen molar-refractivity contribution in [3.05, 3.63) is 59.7 Å². The van der Waals surface area contributed by atoms with Gasteiger partial charge in [-0.2, -0.15) is 4.72 Å². The van der Waals surface area contributed by atoms with Crippen LogP contribution in [0.1, 0.15) is 25.0 Å². The average Bonchev–Trinajstić information content (AvgIpc) is 2.72. The van der Waals surface area contributed by atoms with E-state index >= 15 is 0 Å². The van der Waals surface area contributed by atoms with Gasteiger partial charge in [0.15, 0.2) is 0 Å². The second kappa shape index (κ2) is 10.3. The number of methoxy groups -OCH3 is 1. The monoisotopic (exact) mass is 428 g/mol. The maximum atomic E-state index is 13.2. The quantitative estimate of drug-likeness (QED) is 0.623. The SMILES string of the molecule is C#CCN(Cc1ccc(C)cc1)C(=O)[C@@H](NS(=O)(=O)c1ccc(OC)cc1)C(C)C. The van der Waals surface area contributed by atoms with Crippen LogP contribution >= 0.6 is 0 Å². The van der Waals surface area contributed by atoms with Crippen molar-refractivity contribution < 1.29 is 17.9 Å². The van der Waals surface area contributed by atoms with E-state index in [2.05, 4.69) is 10.6 Å². The molecule has 0 aromatic heterocycles. The molecule has 0 aliphatic heterocycles. The predicted molar refractivity (Wildman–Crippen MR) is 117 cm³/mol. The number of hydrogen-bond donors (Lipinski definition) is 1. The molecule has 0 fully saturated rings. The van der Waals surface area contributed by atoms with Crippen molar-refractivity contribution in [2.45, 2.75) is 38.3 Å². The number of nitrogens with zero attached hydrogens (tertiary/aromatic N) is 1. The normalized spacial score (nSPS) is 12.3. The fraction of sp³-hybridized carbons (Fsp3) is 0.348. The Bertz CT molecular complexity index is 991. The van der Waals surface area contributed by atoms with E-state index in [-0.39, 0.29) is 23.3 Å². The fourth-order valence-electron chi connectivity index (χ4n) is 2.89. The molecular weight excluding hydrogens is 400 g/mol. The molecule has 7 heteroatoms.